The van der Waals surface area contributed by atoms with Gasteiger partial charge in [0.25, 0.3) is 0 Å². The Labute approximate surface area is 281 Å². The van der Waals surface area contributed by atoms with Crippen molar-refractivity contribution in [2.24, 2.45) is 0 Å². The smallest absolute Gasteiger partial charge is 0.172 e. The van der Waals surface area contributed by atoms with Gasteiger partial charge in [-0.25, -0.2) is 0 Å². The standard InChI is InChI=1S/4C9H12OS/c4*10-8-4-7-11-9(8)5-2-1-3-6-9/h4*4,7H,1-3,5-6H2. The third kappa shape index (κ3) is 7.94. The van der Waals surface area contributed by atoms with Crippen LogP contribution in [-0.2, 0) is 19.2 Å². The molecule has 0 aromatic heterocycles. The van der Waals surface area contributed by atoms with Crippen LogP contribution in [0.3, 0.4) is 0 Å². The second-order valence-electron chi connectivity index (χ2n) is 13.4. The van der Waals surface area contributed by atoms with E-state index >= 15 is 0 Å². The fourth-order valence-electron chi connectivity index (χ4n) is 7.69. The molecule has 0 N–H and O–H groups in total. The summed E-state index contributed by atoms with van der Waals surface area (Å²) in [5.41, 5.74) is 0. The maximum absolute atomic E-state index is 11.4. The molecule has 4 spiro atoms. The SMILES string of the molecule is O=C1C=CSC12CCCCC2.O=C1C=CSC12CCCCC2.O=C1C=CSC12CCCCC2.O=C1C=CSC12CCCCC2. The summed E-state index contributed by atoms with van der Waals surface area (Å²) < 4.78 is -0.00694. The summed E-state index contributed by atoms with van der Waals surface area (Å²) in [6, 6.07) is 0. The molecular formula is C36H48O4S4. The summed E-state index contributed by atoms with van der Waals surface area (Å²) in [5.74, 6) is 1.45. The highest BCUT2D eigenvalue weighted by Crippen LogP contribution is 2.47. The van der Waals surface area contributed by atoms with Crippen LogP contribution in [0, 0.1) is 0 Å². The van der Waals surface area contributed by atoms with Gasteiger partial charge in [0, 0.05) is 0 Å². The molecule has 0 amide bonds. The highest BCUT2D eigenvalue weighted by molar-refractivity contribution is 8.05. The van der Waals surface area contributed by atoms with Gasteiger partial charge in [-0.2, -0.15) is 0 Å². The maximum Gasteiger partial charge on any atom is 0.172 e. The van der Waals surface area contributed by atoms with Gasteiger partial charge in [-0.3, -0.25) is 19.2 Å². The van der Waals surface area contributed by atoms with Crippen LogP contribution in [0.4, 0.5) is 0 Å². The normalized spacial score (nSPS) is 28.2. The van der Waals surface area contributed by atoms with Crippen molar-refractivity contribution in [3.63, 3.8) is 0 Å². The highest BCUT2D eigenvalue weighted by Gasteiger charge is 2.43. The molecule has 4 fully saturated rings. The van der Waals surface area contributed by atoms with Crippen LogP contribution in [-0.4, -0.2) is 42.1 Å². The van der Waals surface area contributed by atoms with Gasteiger partial charge in [0.1, 0.15) is 0 Å². The molecule has 240 valence electrons. The van der Waals surface area contributed by atoms with E-state index in [2.05, 4.69) is 0 Å². The predicted molar refractivity (Wildman–Crippen MR) is 190 cm³/mol. The van der Waals surface area contributed by atoms with Crippen LogP contribution >= 0.6 is 47.0 Å². The van der Waals surface area contributed by atoms with E-state index in [1.165, 1.54) is 77.0 Å². The minimum absolute atomic E-state index is 0.00174. The van der Waals surface area contributed by atoms with Gasteiger partial charge < -0.3 is 0 Å². The zero-order valence-electron chi connectivity index (χ0n) is 26.0. The van der Waals surface area contributed by atoms with E-state index in [-0.39, 0.29) is 19.0 Å². The number of allylic oxidation sites excluding steroid dienone is 4. The van der Waals surface area contributed by atoms with Crippen LogP contribution in [0.1, 0.15) is 128 Å². The van der Waals surface area contributed by atoms with Crippen LogP contribution < -0.4 is 0 Å². The lowest BCUT2D eigenvalue weighted by atomic mass is 9.85. The largest absolute Gasteiger partial charge is 0.293 e. The Kier molecular flexibility index (Phi) is 12.3. The molecule has 0 bridgehead atoms. The van der Waals surface area contributed by atoms with Crippen molar-refractivity contribution in [2.45, 2.75) is 147 Å². The molecule has 4 aliphatic heterocycles. The molecule has 4 heterocycles. The van der Waals surface area contributed by atoms with Crippen molar-refractivity contribution >= 4 is 70.2 Å². The summed E-state index contributed by atoms with van der Waals surface area (Å²) >= 11 is 6.97. The van der Waals surface area contributed by atoms with Crippen molar-refractivity contribution in [3.8, 4) is 0 Å². The Morgan fingerprint density at radius 2 is 0.500 bits per heavy atom. The summed E-state index contributed by atoms with van der Waals surface area (Å²) in [4.78, 5) is 45.8. The van der Waals surface area contributed by atoms with Crippen molar-refractivity contribution in [1.29, 1.82) is 0 Å². The van der Waals surface area contributed by atoms with Gasteiger partial charge in [-0.05, 0) is 97.3 Å². The number of rotatable bonds is 0. The first-order chi connectivity index (χ1) is 21.3. The lowest BCUT2D eigenvalue weighted by molar-refractivity contribution is -0.118. The van der Waals surface area contributed by atoms with Crippen LogP contribution in [0.2, 0.25) is 0 Å². The van der Waals surface area contributed by atoms with Crippen molar-refractivity contribution in [3.05, 3.63) is 45.9 Å². The first-order valence-electron chi connectivity index (χ1n) is 16.9. The minimum Gasteiger partial charge on any atom is -0.293 e. The van der Waals surface area contributed by atoms with Gasteiger partial charge in [0.15, 0.2) is 23.1 Å². The number of thioether (sulfide) groups is 4. The molecule has 4 nitrogen and oxygen atoms in total. The molecule has 4 aliphatic carbocycles. The second-order valence-corrected chi connectivity index (χ2v) is 18.5. The Balaban J connectivity index is 0.000000116. The van der Waals surface area contributed by atoms with E-state index in [0.717, 1.165) is 51.4 Å². The fourth-order valence-corrected chi connectivity index (χ4v) is 12.3. The topological polar surface area (TPSA) is 68.3 Å². The molecule has 8 aliphatic rings. The molecular weight excluding hydrogens is 625 g/mol. The Bertz CT molecular complexity index is 990. The Hall–Kier alpha value is -0.960. The Morgan fingerprint density at radius 3 is 0.636 bits per heavy atom. The molecule has 44 heavy (non-hydrogen) atoms. The lowest BCUT2D eigenvalue weighted by Gasteiger charge is -2.30. The first-order valence-corrected chi connectivity index (χ1v) is 20.4. The Morgan fingerprint density at radius 1 is 0.318 bits per heavy atom. The molecule has 0 atom stereocenters. The van der Waals surface area contributed by atoms with Crippen molar-refractivity contribution in [2.75, 3.05) is 0 Å². The second kappa shape index (κ2) is 15.8. The average Bonchev–Trinajstić information content (AvgIpc) is 3.80. The number of hydrogen-bond acceptors (Lipinski definition) is 8. The van der Waals surface area contributed by atoms with Gasteiger partial charge in [0.2, 0.25) is 0 Å². The van der Waals surface area contributed by atoms with E-state index in [0.29, 0.717) is 23.1 Å². The van der Waals surface area contributed by atoms with Gasteiger partial charge in [0.05, 0.1) is 19.0 Å². The molecule has 0 radical (unpaired) electrons. The van der Waals surface area contributed by atoms with Crippen molar-refractivity contribution < 1.29 is 19.2 Å². The number of carbonyl (C=O) groups excluding carboxylic acids is 4. The highest BCUT2D eigenvalue weighted by atomic mass is 32.2. The molecule has 0 saturated heterocycles. The summed E-state index contributed by atoms with van der Waals surface area (Å²) in [7, 11) is 0. The zero-order chi connectivity index (χ0) is 30.9. The predicted octanol–water partition coefficient (Wildman–Crippen LogP) is 10.1. The zero-order valence-corrected chi connectivity index (χ0v) is 29.3. The van der Waals surface area contributed by atoms with Gasteiger partial charge >= 0.3 is 0 Å². The minimum atomic E-state index is -0.00174. The monoisotopic (exact) mass is 672 g/mol. The number of carbonyl (C=O) groups is 4. The first kappa shape index (κ1) is 34.4. The molecule has 0 aromatic carbocycles. The summed E-state index contributed by atoms with van der Waals surface area (Å²) in [6.07, 6.45) is 30.9. The quantitative estimate of drug-likeness (QED) is 0.252. The third-order valence-electron chi connectivity index (χ3n) is 10.5. The van der Waals surface area contributed by atoms with E-state index in [9.17, 15) is 19.2 Å². The van der Waals surface area contributed by atoms with E-state index in [1.807, 2.05) is 21.6 Å². The average molecular weight is 673 g/mol. The van der Waals surface area contributed by atoms with Gasteiger partial charge in [-0.1, -0.05) is 77.0 Å². The van der Waals surface area contributed by atoms with Gasteiger partial charge in [-0.15, -0.1) is 47.0 Å². The van der Waals surface area contributed by atoms with Crippen LogP contribution in [0.5, 0.6) is 0 Å². The van der Waals surface area contributed by atoms with E-state index in [4.69, 9.17) is 0 Å². The lowest BCUT2D eigenvalue weighted by Crippen LogP contribution is -2.33. The third-order valence-corrected chi connectivity index (χ3v) is 15.8. The molecule has 0 aromatic rings. The summed E-state index contributed by atoms with van der Waals surface area (Å²) in [5, 5.41) is 7.86. The van der Waals surface area contributed by atoms with E-state index < -0.39 is 0 Å². The maximum atomic E-state index is 11.4. The van der Waals surface area contributed by atoms with E-state index in [1.54, 1.807) is 71.4 Å². The molecule has 4 saturated carbocycles. The molecule has 8 heteroatoms. The van der Waals surface area contributed by atoms with Crippen LogP contribution in [0.15, 0.2) is 45.9 Å². The van der Waals surface area contributed by atoms with Crippen LogP contribution in [0.25, 0.3) is 0 Å². The van der Waals surface area contributed by atoms with Crippen molar-refractivity contribution in [1.82, 2.24) is 0 Å². The molecule has 8 rings (SSSR count). The fraction of sp³-hybridized carbons (Fsp3) is 0.667. The number of hydrogen-bond donors (Lipinski definition) is 0. The molecule has 0 unspecified atom stereocenters. The summed E-state index contributed by atoms with van der Waals surface area (Å²) in [6.45, 7) is 0. The number of ketones is 4.